The lowest BCUT2D eigenvalue weighted by Gasteiger charge is -2.51. The number of fused-ring (bicyclic) bond motifs is 1. The summed E-state index contributed by atoms with van der Waals surface area (Å²) < 4.78 is 12.2. The molecule has 3 aliphatic heterocycles. The van der Waals surface area contributed by atoms with E-state index in [1.807, 2.05) is 6.92 Å². The summed E-state index contributed by atoms with van der Waals surface area (Å²) in [6.07, 6.45) is 6.62. The van der Waals surface area contributed by atoms with Crippen molar-refractivity contribution in [1.82, 2.24) is 0 Å². The molecule has 0 aliphatic carbocycles. The number of rotatable bonds is 0. The lowest BCUT2D eigenvalue weighted by atomic mass is 9.73. The molecule has 0 unspecified atom stereocenters. The van der Waals surface area contributed by atoms with E-state index in [0.29, 0.717) is 12.0 Å². The minimum absolute atomic E-state index is 0.137. The van der Waals surface area contributed by atoms with E-state index in [1.165, 1.54) is 5.57 Å². The zero-order chi connectivity index (χ0) is 17.5. The van der Waals surface area contributed by atoms with Gasteiger partial charge in [-0.15, -0.1) is 0 Å². The van der Waals surface area contributed by atoms with Crippen LogP contribution in [0.5, 0.6) is 0 Å². The summed E-state index contributed by atoms with van der Waals surface area (Å²) in [5.74, 6) is -0.223. The van der Waals surface area contributed by atoms with Crippen LogP contribution in [0.15, 0.2) is 23.8 Å². The molecule has 24 heavy (non-hydrogen) atoms. The normalized spacial score (nSPS) is 46.2. The number of carbonyl (C=O) groups is 1. The van der Waals surface area contributed by atoms with Crippen molar-refractivity contribution in [2.24, 2.45) is 11.8 Å². The van der Waals surface area contributed by atoms with Crippen molar-refractivity contribution in [3.63, 3.8) is 0 Å². The first-order valence-corrected chi connectivity index (χ1v) is 9.23. The van der Waals surface area contributed by atoms with Crippen LogP contribution in [-0.4, -0.2) is 35.0 Å². The van der Waals surface area contributed by atoms with Crippen LogP contribution in [0.25, 0.3) is 0 Å². The first-order valence-electron chi connectivity index (χ1n) is 9.23. The Morgan fingerprint density at radius 1 is 1.38 bits per heavy atom. The van der Waals surface area contributed by atoms with E-state index in [2.05, 4.69) is 26.5 Å². The summed E-state index contributed by atoms with van der Waals surface area (Å²) in [6, 6.07) is 0. The minimum atomic E-state index is -0.598. The van der Waals surface area contributed by atoms with Crippen molar-refractivity contribution in [3.8, 4) is 0 Å². The Hall–Kier alpha value is -1.13. The van der Waals surface area contributed by atoms with Crippen LogP contribution >= 0.6 is 0 Å². The van der Waals surface area contributed by atoms with Gasteiger partial charge in [0.05, 0.1) is 11.7 Å². The number of hydrogen-bond donors (Lipinski definition) is 1. The second-order valence-electron chi connectivity index (χ2n) is 8.11. The van der Waals surface area contributed by atoms with Crippen LogP contribution in [0.1, 0.15) is 59.3 Å². The Kier molecular flexibility index (Phi) is 4.89. The molecule has 6 atom stereocenters. The van der Waals surface area contributed by atoms with E-state index in [0.717, 1.165) is 32.1 Å². The fourth-order valence-corrected chi connectivity index (χ4v) is 4.39. The number of hydrogen-bond acceptors (Lipinski definition) is 4. The summed E-state index contributed by atoms with van der Waals surface area (Å²) in [6.45, 7) is 10.2. The van der Waals surface area contributed by atoms with Crippen molar-refractivity contribution < 1.29 is 19.4 Å². The SMILES string of the molecule is C=C1C(=O)O[C@H]2[C@@H]3O[C@@](C)(CC/C=C(\C)CCC[C@@H]2C)[C@H](O)C[C@@H]13. The average molecular weight is 334 g/mol. The van der Waals surface area contributed by atoms with E-state index >= 15 is 0 Å². The second-order valence-corrected chi connectivity index (χ2v) is 8.11. The van der Waals surface area contributed by atoms with Crippen LogP contribution in [0.2, 0.25) is 0 Å². The topological polar surface area (TPSA) is 55.8 Å². The second kappa shape index (κ2) is 6.64. The molecule has 0 radical (unpaired) electrons. The molecule has 0 amide bonds. The predicted molar refractivity (Wildman–Crippen MR) is 92.4 cm³/mol. The van der Waals surface area contributed by atoms with E-state index in [-0.39, 0.29) is 30.0 Å². The molecule has 0 aromatic carbocycles. The maximum atomic E-state index is 12.2. The monoisotopic (exact) mass is 334 g/mol. The summed E-state index contributed by atoms with van der Waals surface area (Å²) >= 11 is 0. The molecule has 2 bridgehead atoms. The summed E-state index contributed by atoms with van der Waals surface area (Å²) in [4.78, 5) is 12.2. The molecule has 0 spiro atoms. The van der Waals surface area contributed by atoms with Gasteiger partial charge in [0.25, 0.3) is 0 Å². The molecule has 3 aliphatic rings. The fourth-order valence-electron chi connectivity index (χ4n) is 4.39. The molecular weight excluding hydrogens is 304 g/mol. The van der Waals surface area contributed by atoms with Crippen molar-refractivity contribution >= 4 is 5.97 Å². The lowest BCUT2D eigenvalue weighted by Crippen LogP contribution is -2.60. The summed E-state index contributed by atoms with van der Waals surface area (Å²) in [5.41, 5.74) is 1.24. The quantitative estimate of drug-likeness (QED) is 0.418. The third-order valence-corrected chi connectivity index (χ3v) is 6.19. The standard InChI is InChI=1S/C20H30O4/c1-12-7-5-9-13(2)17-18-15(14(3)19(22)23-17)11-16(21)20(4,24-18)10-6-8-12/h8,13,15-18,21H,3,5-7,9-11H2,1-2,4H3/b12-8+/t13-,15-,16+,17+,18+,20-/m0/s1. The number of esters is 1. The molecule has 1 N–H and O–H groups in total. The molecule has 0 aromatic heterocycles. The van der Waals surface area contributed by atoms with Crippen LogP contribution < -0.4 is 0 Å². The van der Waals surface area contributed by atoms with Crippen molar-refractivity contribution in [2.75, 3.05) is 0 Å². The van der Waals surface area contributed by atoms with Crippen LogP contribution in [0.4, 0.5) is 0 Å². The zero-order valence-electron chi connectivity index (χ0n) is 15.1. The largest absolute Gasteiger partial charge is 0.456 e. The maximum absolute atomic E-state index is 12.2. The lowest BCUT2D eigenvalue weighted by molar-refractivity contribution is -0.244. The molecular formula is C20H30O4. The van der Waals surface area contributed by atoms with Gasteiger partial charge in [0, 0.05) is 11.5 Å². The van der Waals surface area contributed by atoms with E-state index in [1.54, 1.807) is 0 Å². The van der Waals surface area contributed by atoms with Crippen LogP contribution in [0, 0.1) is 11.8 Å². The molecule has 0 aromatic rings. The molecule has 2 fully saturated rings. The third kappa shape index (κ3) is 3.18. The number of ether oxygens (including phenoxy) is 2. The van der Waals surface area contributed by atoms with Gasteiger partial charge in [-0.1, -0.05) is 25.2 Å². The van der Waals surface area contributed by atoms with Crippen molar-refractivity contribution in [2.45, 2.75) is 83.2 Å². The van der Waals surface area contributed by atoms with Gasteiger partial charge in [0.1, 0.15) is 12.2 Å². The van der Waals surface area contributed by atoms with E-state index in [4.69, 9.17) is 9.47 Å². The highest BCUT2D eigenvalue weighted by Gasteiger charge is 2.53. The first kappa shape index (κ1) is 17.7. The average Bonchev–Trinajstić information content (AvgIpc) is 2.52. The number of carbonyl (C=O) groups excluding carboxylic acids is 1. The molecule has 2 saturated heterocycles. The van der Waals surface area contributed by atoms with Crippen molar-refractivity contribution in [3.05, 3.63) is 23.8 Å². The number of allylic oxidation sites excluding steroid dienone is 2. The van der Waals surface area contributed by atoms with Crippen molar-refractivity contribution in [1.29, 1.82) is 0 Å². The molecule has 134 valence electrons. The van der Waals surface area contributed by atoms with Gasteiger partial charge in [0.2, 0.25) is 0 Å². The molecule has 3 rings (SSSR count). The molecule has 3 heterocycles. The van der Waals surface area contributed by atoms with Gasteiger partial charge in [-0.05, 0) is 58.3 Å². The highest BCUT2D eigenvalue weighted by Crippen LogP contribution is 2.45. The van der Waals surface area contributed by atoms with Gasteiger partial charge in [-0.25, -0.2) is 4.79 Å². The van der Waals surface area contributed by atoms with E-state index in [9.17, 15) is 9.90 Å². The maximum Gasteiger partial charge on any atom is 0.334 e. The first-order chi connectivity index (χ1) is 11.3. The van der Waals surface area contributed by atoms with Crippen LogP contribution in [0.3, 0.4) is 0 Å². The minimum Gasteiger partial charge on any atom is -0.456 e. The summed E-state index contributed by atoms with van der Waals surface area (Å²) in [5, 5.41) is 10.7. The zero-order valence-corrected chi connectivity index (χ0v) is 15.1. The van der Waals surface area contributed by atoms with Gasteiger partial charge in [0.15, 0.2) is 0 Å². The molecule has 4 heteroatoms. The fraction of sp³-hybridized carbons (Fsp3) is 0.750. The Balaban J connectivity index is 1.94. The van der Waals surface area contributed by atoms with Gasteiger partial charge in [-0.3, -0.25) is 0 Å². The molecule has 4 nitrogen and oxygen atoms in total. The van der Waals surface area contributed by atoms with E-state index < -0.39 is 11.7 Å². The Bertz CT molecular complexity index is 552. The Morgan fingerprint density at radius 3 is 2.88 bits per heavy atom. The number of aliphatic hydroxyl groups is 1. The molecule has 0 saturated carbocycles. The van der Waals surface area contributed by atoms with Gasteiger partial charge in [-0.2, -0.15) is 0 Å². The predicted octanol–water partition coefficient (Wildman–Crippen LogP) is 3.54. The highest BCUT2D eigenvalue weighted by molar-refractivity contribution is 5.89. The summed E-state index contributed by atoms with van der Waals surface area (Å²) in [7, 11) is 0. The van der Waals surface area contributed by atoms with Gasteiger partial charge < -0.3 is 14.6 Å². The smallest absolute Gasteiger partial charge is 0.334 e. The third-order valence-electron chi connectivity index (χ3n) is 6.19. The van der Waals surface area contributed by atoms with Gasteiger partial charge >= 0.3 is 5.97 Å². The highest BCUT2D eigenvalue weighted by atomic mass is 16.6. The number of aliphatic hydroxyl groups excluding tert-OH is 1. The Labute approximate surface area is 144 Å². The Morgan fingerprint density at radius 2 is 2.12 bits per heavy atom. The van der Waals surface area contributed by atoms with Crippen LogP contribution in [-0.2, 0) is 14.3 Å².